The fraction of sp³-hybridized carbons (Fsp3) is 0.667. The Labute approximate surface area is 181 Å². The van der Waals surface area contributed by atoms with Crippen LogP contribution in [0.4, 0.5) is 0 Å². The molecule has 5 nitrogen and oxygen atoms in total. The summed E-state index contributed by atoms with van der Waals surface area (Å²) >= 11 is 0. The van der Waals surface area contributed by atoms with Crippen LogP contribution in [0.3, 0.4) is 0 Å². The van der Waals surface area contributed by atoms with Gasteiger partial charge >= 0.3 is 0 Å². The second kappa shape index (κ2) is 13.4. The third kappa shape index (κ3) is 7.53. The average molecular weight is 432 g/mol. The molecule has 2 fully saturated rings. The van der Waals surface area contributed by atoms with E-state index in [2.05, 4.69) is 40.1 Å². The Morgan fingerprint density at radius 2 is 1.79 bits per heavy atom. The molecule has 28 heavy (non-hydrogen) atoms. The number of halogens is 2. The lowest BCUT2D eigenvalue weighted by molar-refractivity contribution is -0.140. The molecule has 2 N–H and O–H groups in total. The lowest BCUT2D eigenvalue weighted by atomic mass is 9.95. The fourth-order valence-corrected chi connectivity index (χ4v) is 4.08. The number of piperidine rings is 2. The van der Waals surface area contributed by atoms with Crippen LogP contribution < -0.4 is 5.73 Å². The largest absolute Gasteiger partial charge is 0.378 e. The van der Waals surface area contributed by atoms with E-state index in [9.17, 15) is 4.79 Å². The van der Waals surface area contributed by atoms with Crippen LogP contribution in [0.1, 0.15) is 37.7 Å². The second-order valence-electron chi connectivity index (χ2n) is 7.60. The van der Waals surface area contributed by atoms with Crippen LogP contribution in [0.25, 0.3) is 0 Å². The number of hydrogen-bond donors (Lipinski definition) is 1. The van der Waals surface area contributed by atoms with Gasteiger partial charge in [-0.2, -0.15) is 0 Å². The van der Waals surface area contributed by atoms with Crippen LogP contribution in [0, 0.1) is 5.92 Å². The number of likely N-dealkylation sites (tertiary alicyclic amines) is 2. The summed E-state index contributed by atoms with van der Waals surface area (Å²) in [6.45, 7) is 6.02. The quantitative estimate of drug-likeness (QED) is 0.673. The van der Waals surface area contributed by atoms with E-state index in [1.807, 2.05) is 0 Å². The molecule has 0 aromatic heterocycles. The van der Waals surface area contributed by atoms with Crippen molar-refractivity contribution in [2.45, 2.75) is 44.8 Å². The topological polar surface area (TPSA) is 58.8 Å². The standard InChI is InChI=1S/C21H33N3O2.2ClH/c22-11-5-15-26-20-9-13-24(14-10-20)21(25)19-8-4-12-23(17-19)16-18-6-2-1-3-7-18;;/h1-3,6-7,19-20H,4-5,8-17,22H2;2*1H. The normalized spacial score (nSPS) is 20.9. The highest BCUT2D eigenvalue weighted by Gasteiger charge is 2.31. The highest BCUT2D eigenvalue weighted by molar-refractivity contribution is 5.85. The Morgan fingerprint density at radius 3 is 2.46 bits per heavy atom. The van der Waals surface area contributed by atoms with Gasteiger partial charge in [-0.1, -0.05) is 30.3 Å². The first-order valence-corrected chi connectivity index (χ1v) is 10.1. The first kappa shape index (κ1) is 25.2. The fourth-order valence-electron chi connectivity index (χ4n) is 4.08. The number of ether oxygens (including phenoxy) is 1. The van der Waals surface area contributed by atoms with Crippen LogP contribution in [0.15, 0.2) is 30.3 Å². The maximum absolute atomic E-state index is 13.0. The molecule has 3 rings (SSSR count). The van der Waals surface area contributed by atoms with E-state index in [4.69, 9.17) is 10.5 Å². The maximum Gasteiger partial charge on any atom is 0.226 e. The molecule has 0 aliphatic carbocycles. The molecule has 2 aliphatic heterocycles. The van der Waals surface area contributed by atoms with Gasteiger partial charge in [0, 0.05) is 32.8 Å². The molecule has 1 unspecified atom stereocenters. The number of hydrogen-bond acceptors (Lipinski definition) is 4. The highest BCUT2D eigenvalue weighted by atomic mass is 35.5. The van der Waals surface area contributed by atoms with Crippen molar-refractivity contribution in [2.24, 2.45) is 11.7 Å². The molecule has 2 heterocycles. The average Bonchev–Trinajstić information content (AvgIpc) is 2.69. The molecule has 1 amide bonds. The molecule has 1 atom stereocenters. The van der Waals surface area contributed by atoms with Crippen molar-refractivity contribution in [3.63, 3.8) is 0 Å². The molecule has 7 heteroatoms. The summed E-state index contributed by atoms with van der Waals surface area (Å²) in [6, 6.07) is 10.6. The molecular formula is C21H35Cl2N3O2. The lowest BCUT2D eigenvalue weighted by Crippen LogP contribution is -2.48. The summed E-state index contributed by atoms with van der Waals surface area (Å²) in [5.41, 5.74) is 6.84. The minimum absolute atomic E-state index is 0. The van der Waals surface area contributed by atoms with Gasteiger partial charge in [0.2, 0.25) is 5.91 Å². The van der Waals surface area contributed by atoms with E-state index in [0.29, 0.717) is 18.6 Å². The van der Waals surface area contributed by atoms with Gasteiger partial charge in [0.15, 0.2) is 0 Å². The van der Waals surface area contributed by atoms with Crippen LogP contribution in [0.5, 0.6) is 0 Å². The second-order valence-corrected chi connectivity index (χ2v) is 7.60. The Balaban J connectivity index is 0.00000196. The summed E-state index contributed by atoms with van der Waals surface area (Å²) < 4.78 is 5.85. The SMILES string of the molecule is Cl.Cl.NCCCOC1CCN(C(=O)C2CCCN(Cc3ccccc3)C2)CC1. The number of benzene rings is 1. The predicted octanol–water partition coefficient (Wildman–Crippen LogP) is 3.10. The minimum atomic E-state index is 0. The van der Waals surface area contributed by atoms with Crippen molar-refractivity contribution in [3.8, 4) is 0 Å². The van der Waals surface area contributed by atoms with Crippen LogP contribution in [-0.4, -0.2) is 61.1 Å². The highest BCUT2D eigenvalue weighted by Crippen LogP contribution is 2.23. The summed E-state index contributed by atoms with van der Waals surface area (Å²) in [6.07, 6.45) is 5.26. The summed E-state index contributed by atoms with van der Waals surface area (Å²) in [5, 5.41) is 0. The summed E-state index contributed by atoms with van der Waals surface area (Å²) in [4.78, 5) is 17.5. The molecule has 2 aliphatic rings. The maximum atomic E-state index is 13.0. The van der Waals surface area contributed by atoms with Gasteiger partial charge in [-0.25, -0.2) is 0 Å². The Morgan fingerprint density at radius 1 is 1.07 bits per heavy atom. The number of nitrogens with zero attached hydrogens (tertiary/aromatic N) is 2. The van der Waals surface area contributed by atoms with E-state index in [0.717, 1.165) is 71.4 Å². The third-order valence-corrected chi connectivity index (χ3v) is 5.56. The molecule has 0 spiro atoms. The van der Waals surface area contributed by atoms with Crippen LogP contribution >= 0.6 is 24.8 Å². The zero-order valence-electron chi connectivity index (χ0n) is 16.6. The van der Waals surface area contributed by atoms with Crippen molar-refractivity contribution in [1.29, 1.82) is 0 Å². The number of carbonyl (C=O) groups is 1. The molecule has 0 saturated carbocycles. The monoisotopic (exact) mass is 431 g/mol. The van der Waals surface area contributed by atoms with Gasteiger partial charge in [0.1, 0.15) is 0 Å². The Bertz CT molecular complexity index is 554. The van der Waals surface area contributed by atoms with Crippen molar-refractivity contribution in [3.05, 3.63) is 35.9 Å². The molecule has 160 valence electrons. The number of carbonyl (C=O) groups excluding carboxylic acids is 1. The van der Waals surface area contributed by atoms with E-state index in [1.54, 1.807) is 0 Å². The lowest BCUT2D eigenvalue weighted by Gasteiger charge is -2.37. The van der Waals surface area contributed by atoms with Crippen LogP contribution in [0.2, 0.25) is 0 Å². The van der Waals surface area contributed by atoms with Crippen molar-refractivity contribution in [2.75, 3.05) is 39.3 Å². The first-order valence-electron chi connectivity index (χ1n) is 10.1. The van der Waals surface area contributed by atoms with Gasteiger partial charge in [-0.3, -0.25) is 9.69 Å². The molecule has 0 bridgehead atoms. The zero-order chi connectivity index (χ0) is 18.2. The Hall–Kier alpha value is -0.850. The van der Waals surface area contributed by atoms with E-state index in [-0.39, 0.29) is 30.7 Å². The molecule has 1 aromatic rings. The van der Waals surface area contributed by atoms with Gasteiger partial charge in [0.25, 0.3) is 0 Å². The number of amides is 1. The van der Waals surface area contributed by atoms with Gasteiger partial charge in [0.05, 0.1) is 12.0 Å². The van der Waals surface area contributed by atoms with Crippen molar-refractivity contribution in [1.82, 2.24) is 9.80 Å². The zero-order valence-corrected chi connectivity index (χ0v) is 18.3. The predicted molar refractivity (Wildman–Crippen MR) is 118 cm³/mol. The van der Waals surface area contributed by atoms with Gasteiger partial charge in [-0.15, -0.1) is 24.8 Å². The van der Waals surface area contributed by atoms with E-state index < -0.39 is 0 Å². The van der Waals surface area contributed by atoms with E-state index in [1.165, 1.54) is 5.56 Å². The Kier molecular flexibility index (Phi) is 12.0. The van der Waals surface area contributed by atoms with Crippen molar-refractivity contribution >= 4 is 30.7 Å². The van der Waals surface area contributed by atoms with Crippen LogP contribution in [-0.2, 0) is 16.1 Å². The summed E-state index contributed by atoms with van der Waals surface area (Å²) in [5.74, 6) is 0.505. The molecular weight excluding hydrogens is 397 g/mol. The van der Waals surface area contributed by atoms with Gasteiger partial charge in [-0.05, 0) is 50.8 Å². The van der Waals surface area contributed by atoms with E-state index >= 15 is 0 Å². The molecule has 0 radical (unpaired) electrons. The first-order chi connectivity index (χ1) is 12.8. The number of rotatable bonds is 7. The number of nitrogens with two attached hydrogens (primary N) is 1. The molecule has 2 saturated heterocycles. The smallest absolute Gasteiger partial charge is 0.226 e. The molecule has 1 aromatic carbocycles. The van der Waals surface area contributed by atoms with Gasteiger partial charge < -0.3 is 15.4 Å². The summed E-state index contributed by atoms with van der Waals surface area (Å²) in [7, 11) is 0. The third-order valence-electron chi connectivity index (χ3n) is 5.56. The van der Waals surface area contributed by atoms with Crippen molar-refractivity contribution < 1.29 is 9.53 Å². The minimum Gasteiger partial charge on any atom is -0.378 e.